The Bertz CT molecular complexity index is 413. The van der Waals surface area contributed by atoms with E-state index in [-0.39, 0.29) is 11.3 Å². The summed E-state index contributed by atoms with van der Waals surface area (Å²) in [6.45, 7) is 4.30. The molecule has 0 spiro atoms. The Morgan fingerprint density at radius 3 is 2.78 bits per heavy atom. The van der Waals surface area contributed by atoms with Crippen molar-refractivity contribution >= 4 is 11.7 Å². The van der Waals surface area contributed by atoms with Crippen LogP contribution in [0.5, 0.6) is 0 Å². The Labute approximate surface area is 106 Å². The van der Waals surface area contributed by atoms with Crippen LogP contribution in [0, 0.1) is 5.41 Å². The molecule has 1 aromatic heterocycles. The first kappa shape index (κ1) is 12.8. The van der Waals surface area contributed by atoms with Gasteiger partial charge in [-0.25, -0.2) is 0 Å². The SMILES string of the molecule is CC1(CNC(=O)c2ccc(N)nn2)CCOCC1. The van der Waals surface area contributed by atoms with Crippen LogP contribution in [0.2, 0.25) is 0 Å². The van der Waals surface area contributed by atoms with Gasteiger partial charge in [0.2, 0.25) is 0 Å². The van der Waals surface area contributed by atoms with Crippen LogP contribution < -0.4 is 11.1 Å². The van der Waals surface area contributed by atoms with Crippen LogP contribution in [0.3, 0.4) is 0 Å². The van der Waals surface area contributed by atoms with Crippen molar-refractivity contribution in [1.82, 2.24) is 15.5 Å². The molecule has 0 unspecified atom stereocenters. The molecular weight excluding hydrogens is 232 g/mol. The normalized spacial score (nSPS) is 18.3. The van der Waals surface area contributed by atoms with Crippen LogP contribution in [-0.4, -0.2) is 35.9 Å². The van der Waals surface area contributed by atoms with Crippen LogP contribution in [0.1, 0.15) is 30.3 Å². The van der Waals surface area contributed by atoms with E-state index in [1.165, 1.54) is 0 Å². The van der Waals surface area contributed by atoms with E-state index in [4.69, 9.17) is 10.5 Å². The zero-order valence-electron chi connectivity index (χ0n) is 10.5. The van der Waals surface area contributed by atoms with Crippen LogP contribution in [-0.2, 0) is 4.74 Å². The first-order chi connectivity index (χ1) is 8.59. The molecule has 3 N–H and O–H groups in total. The highest BCUT2D eigenvalue weighted by Gasteiger charge is 2.27. The number of rotatable bonds is 3. The number of hydrogen-bond acceptors (Lipinski definition) is 5. The molecule has 0 saturated carbocycles. The van der Waals surface area contributed by atoms with Gasteiger partial charge in [-0.1, -0.05) is 6.92 Å². The molecule has 0 radical (unpaired) electrons. The van der Waals surface area contributed by atoms with Crippen LogP contribution in [0.25, 0.3) is 0 Å². The number of carbonyl (C=O) groups is 1. The Kier molecular flexibility index (Phi) is 3.76. The van der Waals surface area contributed by atoms with Gasteiger partial charge in [0.25, 0.3) is 5.91 Å². The summed E-state index contributed by atoms with van der Waals surface area (Å²) < 4.78 is 5.32. The summed E-state index contributed by atoms with van der Waals surface area (Å²) in [7, 11) is 0. The van der Waals surface area contributed by atoms with E-state index >= 15 is 0 Å². The lowest BCUT2D eigenvalue weighted by Crippen LogP contribution is -2.39. The fourth-order valence-corrected chi connectivity index (χ4v) is 1.89. The maximum Gasteiger partial charge on any atom is 0.271 e. The van der Waals surface area contributed by atoms with Crippen molar-refractivity contribution in [2.45, 2.75) is 19.8 Å². The molecule has 0 aliphatic carbocycles. The molecule has 1 aliphatic heterocycles. The quantitative estimate of drug-likeness (QED) is 0.820. The Morgan fingerprint density at radius 1 is 1.44 bits per heavy atom. The molecule has 2 heterocycles. The first-order valence-electron chi connectivity index (χ1n) is 6.04. The summed E-state index contributed by atoms with van der Waals surface area (Å²) in [5, 5.41) is 10.3. The summed E-state index contributed by atoms with van der Waals surface area (Å²) >= 11 is 0. The number of nitrogens with zero attached hydrogens (tertiary/aromatic N) is 2. The second-order valence-electron chi connectivity index (χ2n) is 4.95. The smallest absolute Gasteiger partial charge is 0.271 e. The van der Waals surface area contributed by atoms with Crippen LogP contribution >= 0.6 is 0 Å². The zero-order chi connectivity index (χ0) is 13.0. The van der Waals surface area contributed by atoms with Gasteiger partial charge in [0, 0.05) is 19.8 Å². The van der Waals surface area contributed by atoms with Crippen LogP contribution in [0.15, 0.2) is 12.1 Å². The third-order valence-corrected chi connectivity index (χ3v) is 3.29. The largest absolute Gasteiger partial charge is 0.382 e. The minimum atomic E-state index is -0.213. The van der Waals surface area contributed by atoms with Crippen molar-refractivity contribution in [3.05, 3.63) is 17.8 Å². The standard InChI is InChI=1S/C12H18N4O2/c1-12(4-6-18-7-5-12)8-14-11(17)9-2-3-10(13)16-15-9/h2-3H,4-8H2,1H3,(H2,13,16)(H,14,17). The summed E-state index contributed by atoms with van der Waals surface area (Å²) in [6, 6.07) is 3.14. The molecule has 1 saturated heterocycles. The second-order valence-corrected chi connectivity index (χ2v) is 4.95. The lowest BCUT2D eigenvalue weighted by atomic mass is 9.82. The number of carbonyl (C=O) groups excluding carboxylic acids is 1. The van der Waals surface area contributed by atoms with Crippen molar-refractivity contribution in [1.29, 1.82) is 0 Å². The molecular formula is C12H18N4O2. The van der Waals surface area contributed by atoms with E-state index in [0.29, 0.717) is 18.1 Å². The van der Waals surface area contributed by atoms with Gasteiger partial charge in [0.1, 0.15) is 5.82 Å². The zero-order valence-corrected chi connectivity index (χ0v) is 10.5. The van der Waals surface area contributed by atoms with E-state index in [1.807, 2.05) is 0 Å². The number of nitrogens with two attached hydrogens (primary N) is 1. The van der Waals surface area contributed by atoms with E-state index in [9.17, 15) is 4.79 Å². The van der Waals surface area contributed by atoms with E-state index in [0.717, 1.165) is 26.1 Å². The van der Waals surface area contributed by atoms with Crippen molar-refractivity contribution in [3.63, 3.8) is 0 Å². The third-order valence-electron chi connectivity index (χ3n) is 3.29. The predicted octanol–water partition coefficient (Wildman–Crippen LogP) is 0.605. The minimum absolute atomic E-state index is 0.106. The number of amides is 1. The van der Waals surface area contributed by atoms with E-state index < -0.39 is 0 Å². The van der Waals surface area contributed by atoms with E-state index in [1.54, 1.807) is 12.1 Å². The average Bonchev–Trinajstić information content (AvgIpc) is 2.38. The lowest BCUT2D eigenvalue weighted by molar-refractivity contribution is 0.0238. The summed E-state index contributed by atoms with van der Waals surface area (Å²) in [6.07, 6.45) is 1.92. The molecule has 2 rings (SSSR count). The van der Waals surface area contributed by atoms with Gasteiger partial charge >= 0.3 is 0 Å². The molecule has 1 fully saturated rings. The monoisotopic (exact) mass is 250 g/mol. The van der Waals surface area contributed by atoms with Gasteiger partial charge in [-0.15, -0.1) is 10.2 Å². The second kappa shape index (κ2) is 5.30. The molecule has 6 nitrogen and oxygen atoms in total. The highest BCUT2D eigenvalue weighted by Crippen LogP contribution is 2.28. The fourth-order valence-electron chi connectivity index (χ4n) is 1.89. The maximum atomic E-state index is 11.9. The molecule has 1 amide bonds. The molecule has 0 aromatic carbocycles. The number of anilines is 1. The van der Waals surface area contributed by atoms with Gasteiger partial charge in [-0.3, -0.25) is 4.79 Å². The average molecular weight is 250 g/mol. The highest BCUT2D eigenvalue weighted by atomic mass is 16.5. The van der Waals surface area contributed by atoms with E-state index in [2.05, 4.69) is 22.4 Å². The van der Waals surface area contributed by atoms with Crippen molar-refractivity contribution in [3.8, 4) is 0 Å². The van der Waals surface area contributed by atoms with Gasteiger partial charge < -0.3 is 15.8 Å². The Morgan fingerprint density at radius 2 is 2.17 bits per heavy atom. The summed E-state index contributed by atoms with van der Waals surface area (Å²) in [4.78, 5) is 11.9. The molecule has 0 atom stereocenters. The maximum absolute atomic E-state index is 11.9. The van der Waals surface area contributed by atoms with Gasteiger partial charge in [0.05, 0.1) is 0 Å². The topological polar surface area (TPSA) is 90.1 Å². The third kappa shape index (κ3) is 3.16. The molecule has 1 aliphatic rings. The highest BCUT2D eigenvalue weighted by molar-refractivity contribution is 5.92. The molecule has 6 heteroatoms. The van der Waals surface area contributed by atoms with Crippen LogP contribution in [0.4, 0.5) is 5.82 Å². The van der Waals surface area contributed by atoms with Crippen molar-refractivity contribution < 1.29 is 9.53 Å². The molecule has 98 valence electrons. The molecule has 18 heavy (non-hydrogen) atoms. The molecule has 0 bridgehead atoms. The Balaban J connectivity index is 1.89. The van der Waals surface area contributed by atoms with Crippen molar-refractivity contribution in [2.75, 3.05) is 25.5 Å². The number of hydrogen-bond donors (Lipinski definition) is 2. The van der Waals surface area contributed by atoms with Gasteiger partial charge in [0.15, 0.2) is 5.69 Å². The minimum Gasteiger partial charge on any atom is -0.382 e. The van der Waals surface area contributed by atoms with Gasteiger partial charge in [-0.2, -0.15) is 0 Å². The summed E-state index contributed by atoms with van der Waals surface area (Å²) in [5.41, 5.74) is 5.82. The fraction of sp³-hybridized carbons (Fsp3) is 0.583. The number of aromatic nitrogens is 2. The Hall–Kier alpha value is -1.69. The lowest BCUT2D eigenvalue weighted by Gasteiger charge is -2.33. The summed E-state index contributed by atoms with van der Waals surface area (Å²) in [5.74, 6) is 0.0955. The molecule has 1 aromatic rings. The first-order valence-corrected chi connectivity index (χ1v) is 6.04. The van der Waals surface area contributed by atoms with Gasteiger partial charge in [-0.05, 0) is 30.4 Å². The number of ether oxygens (including phenoxy) is 1. The van der Waals surface area contributed by atoms with Crippen molar-refractivity contribution in [2.24, 2.45) is 5.41 Å². The number of nitrogen functional groups attached to an aromatic ring is 1. The number of nitrogens with one attached hydrogen (secondary N) is 1. The predicted molar refractivity (Wildman–Crippen MR) is 66.9 cm³/mol.